The zero-order chi connectivity index (χ0) is 23.7. The van der Waals surface area contributed by atoms with Gasteiger partial charge in [0.15, 0.2) is 0 Å². The number of aryl methyl sites for hydroxylation is 3. The molecular formula is C33H26N2. The summed E-state index contributed by atoms with van der Waals surface area (Å²) in [6, 6.07) is 38.0. The molecule has 0 aliphatic rings. The summed E-state index contributed by atoms with van der Waals surface area (Å²) in [5, 5.41) is 5.17. The Balaban J connectivity index is 1.59. The first-order valence-corrected chi connectivity index (χ1v) is 12.2. The second-order valence-corrected chi connectivity index (χ2v) is 9.77. The lowest BCUT2D eigenvalue weighted by Gasteiger charge is -2.11. The molecule has 0 fully saturated rings. The van der Waals surface area contributed by atoms with Crippen LogP contribution in [-0.2, 0) is 0 Å². The fourth-order valence-electron chi connectivity index (χ4n) is 5.67. The monoisotopic (exact) mass is 450 g/mol. The molecule has 0 spiro atoms. The lowest BCUT2D eigenvalue weighted by Crippen LogP contribution is -1.96. The van der Waals surface area contributed by atoms with E-state index in [-0.39, 0.29) is 0 Å². The molecule has 0 unspecified atom stereocenters. The zero-order valence-electron chi connectivity index (χ0n) is 20.2. The molecule has 0 amide bonds. The number of rotatable bonds is 2. The van der Waals surface area contributed by atoms with Gasteiger partial charge in [0.05, 0.1) is 22.1 Å². The van der Waals surface area contributed by atoms with E-state index in [4.69, 9.17) is 0 Å². The van der Waals surface area contributed by atoms with Gasteiger partial charge in [-0.1, -0.05) is 53.6 Å². The van der Waals surface area contributed by atoms with E-state index < -0.39 is 0 Å². The Labute approximate surface area is 204 Å². The lowest BCUT2D eigenvalue weighted by molar-refractivity contribution is 1.16. The maximum absolute atomic E-state index is 2.41. The van der Waals surface area contributed by atoms with Crippen molar-refractivity contribution >= 4 is 43.6 Å². The van der Waals surface area contributed by atoms with Crippen molar-refractivity contribution in [3.8, 4) is 11.4 Å². The number of benzene rings is 5. The highest BCUT2D eigenvalue weighted by atomic mass is 15.0. The second-order valence-electron chi connectivity index (χ2n) is 9.77. The van der Waals surface area contributed by atoms with Gasteiger partial charge >= 0.3 is 0 Å². The van der Waals surface area contributed by atoms with Gasteiger partial charge in [-0.25, -0.2) is 0 Å². The van der Waals surface area contributed by atoms with E-state index in [1.165, 1.54) is 71.7 Å². The van der Waals surface area contributed by atoms with Crippen LogP contribution in [0.15, 0.2) is 103 Å². The Morgan fingerprint density at radius 2 is 0.886 bits per heavy atom. The average Bonchev–Trinajstić information content (AvgIpc) is 3.36. The van der Waals surface area contributed by atoms with Crippen LogP contribution in [0.1, 0.15) is 16.7 Å². The van der Waals surface area contributed by atoms with Crippen molar-refractivity contribution in [2.75, 3.05) is 0 Å². The molecule has 0 aliphatic carbocycles. The molecule has 35 heavy (non-hydrogen) atoms. The first kappa shape index (κ1) is 20.1. The van der Waals surface area contributed by atoms with Crippen LogP contribution in [0.4, 0.5) is 0 Å². The predicted molar refractivity (Wildman–Crippen MR) is 149 cm³/mol. The second kappa shape index (κ2) is 7.35. The zero-order valence-corrected chi connectivity index (χ0v) is 20.2. The van der Waals surface area contributed by atoms with Crippen molar-refractivity contribution in [2.45, 2.75) is 20.8 Å². The van der Waals surface area contributed by atoms with Gasteiger partial charge < -0.3 is 9.13 Å². The third-order valence-electron chi connectivity index (χ3n) is 7.25. The van der Waals surface area contributed by atoms with Crippen LogP contribution in [0.5, 0.6) is 0 Å². The molecule has 2 nitrogen and oxygen atoms in total. The number of para-hydroxylation sites is 1. The summed E-state index contributed by atoms with van der Waals surface area (Å²) in [6.45, 7) is 6.50. The smallest absolute Gasteiger partial charge is 0.0542 e. The molecule has 2 heterocycles. The molecule has 0 bridgehead atoms. The third-order valence-corrected chi connectivity index (χ3v) is 7.25. The summed E-state index contributed by atoms with van der Waals surface area (Å²) < 4.78 is 4.81. The van der Waals surface area contributed by atoms with Crippen LogP contribution in [0, 0.1) is 20.8 Å². The highest BCUT2D eigenvalue weighted by Crippen LogP contribution is 2.37. The van der Waals surface area contributed by atoms with Crippen LogP contribution in [-0.4, -0.2) is 9.13 Å². The van der Waals surface area contributed by atoms with Gasteiger partial charge in [-0.2, -0.15) is 0 Å². The van der Waals surface area contributed by atoms with Gasteiger partial charge in [0, 0.05) is 32.9 Å². The Hall–Kier alpha value is -4.30. The van der Waals surface area contributed by atoms with Crippen molar-refractivity contribution < 1.29 is 0 Å². The van der Waals surface area contributed by atoms with E-state index in [0.29, 0.717) is 0 Å². The lowest BCUT2D eigenvalue weighted by atomic mass is 10.1. The Kier molecular flexibility index (Phi) is 4.22. The van der Waals surface area contributed by atoms with Gasteiger partial charge in [-0.3, -0.25) is 0 Å². The number of hydrogen-bond donors (Lipinski definition) is 0. The quantitative estimate of drug-likeness (QED) is 0.249. The van der Waals surface area contributed by atoms with E-state index in [9.17, 15) is 0 Å². The van der Waals surface area contributed by atoms with Gasteiger partial charge in [-0.05, 0) is 87.0 Å². The third kappa shape index (κ3) is 2.96. The SMILES string of the molecule is Cc1cccc(-n2c3ccc(C)cc3c3cc(-n4c5ccccc5c5cc(C)ccc54)ccc32)c1. The summed E-state index contributed by atoms with van der Waals surface area (Å²) >= 11 is 0. The molecule has 7 rings (SSSR count). The minimum Gasteiger partial charge on any atom is -0.309 e. The minimum absolute atomic E-state index is 1.19. The minimum atomic E-state index is 1.19. The topological polar surface area (TPSA) is 9.86 Å². The largest absolute Gasteiger partial charge is 0.309 e. The molecule has 5 aromatic carbocycles. The number of hydrogen-bond acceptors (Lipinski definition) is 0. The maximum Gasteiger partial charge on any atom is 0.0542 e. The van der Waals surface area contributed by atoms with Crippen LogP contribution >= 0.6 is 0 Å². The van der Waals surface area contributed by atoms with Crippen LogP contribution < -0.4 is 0 Å². The van der Waals surface area contributed by atoms with Crippen LogP contribution in [0.3, 0.4) is 0 Å². The normalized spacial score (nSPS) is 11.9. The molecule has 0 radical (unpaired) electrons. The fraction of sp³-hybridized carbons (Fsp3) is 0.0909. The predicted octanol–water partition coefficient (Wildman–Crippen LogP) is 8.81. The first-order chi connectivity index (χ1) is 17.1. The maximum atomic E-state index is 2.41. The molecular weight excluding hydrogens is 424 g/mol. The highest BCUT2D eigenvalue weighted by molar-refractivity contribution is 6.12. The van der Waals surface area contributed by atoms with Crippen molar-refractivity contribution in [2.24, 2.45) is 0 Å². The Morgan fingerprint density at radius 1 is 0.371 bits per heavy atom. The standard InChI is InChI=1S/C33H26N2/c1-21-7-6-8-24(17-21)34-32-15-12-23(3)19-28(32)29-20-25(13-16-33(29)34)35-30-10-5-4-9-26(30)27-18-22(2)11-14-31(27)35/h4-20H,1-3H3. The summed E-state index contributed by atoms with van der Waals surface area (Å²) in [6.07, 6.45) is 0. The molecule has 7 aromatic rings. The van der Waals surface area contributed by atoms with E-state index in [0.717, 1.165) is 0 Å². The molecule has 0 atom stereocenters. The van der Waals surface area contributed by atoms with Crippen LogP contribution in [0.25, 0.3) is 55.0 Å². The Morgan fingerprint density at radius 3 is 1.57 bits per heavy atom. The number of aromatic nitrogens is 2. The van der Waals surface area contributed by atoms with E-state index in [2.05, 4.69) is 133 Å². The molecule has 0 saturated heterocycles. The van der Waals surface area contributed by atoms with Gasteiger partial charge in [0.25, 0.3) is 0 Å². The Bertz CT molecular complexity index is 1930. The summed E-state index contributed by atoms with van der Waals surface area (Å²) in [4.78, 5) is 0. The molecule has 168 valence electrons. The highest BCUT2D eigenvalue weighted by Gasteiger charge is 2.16. The molecule has 0 N–H and O–H groups in total. The number of nitrogens with zero attached hydrogens (tertiary/aromatic N) is 2. The summed E-state index contributed by atoms with van der Waals surface area (Å²) in [5.41, 5.74) is 11.2. The molecule has 2 aromatic heterocycles. The summed E-state index contributed by atoms with van der Waals surface area (Å²) in [7, 11) is 0. The van der Waals surface area contributed by atoms with E-state index in [1.807, 2.05) is 0 Å². The fourth-order valence-corrected chi connectivity index (χ4v) is 5.67. The first-order valence-electron chi connectivity index (χ1n) is 12.2. The van der Waals surface area contributed by atoms with Gasteiger partial charge in [-0.15, -0.1) is 0 Å². The van der Waals surface area contributed by atoms with Crippen molar-refractivity contribution in [1.82, 2.24) is 9.13 Å². The summed E-state index contributed by atoms with van der Waals surface area (Å²) in [5.74, 6) is 0. The van der Waals surface area contributed by atoms with Crippen LogP contribution in [0.2, 0.25) is 0 Å². The van der Waals surface area contributed by atoms with E-state index in [1.54, 1.807) is 0 Å². The van der Waals surface area contributed by atoms with Crippen molar-refractivity contribution in [1.29, 1.82) is 0 Å². The van der Waals surface area contributed by atoms with Crippen molar-refractivity contribution in [3.63, 3.8) is 0 Å². The average molecular weight is 451 g/mol. The molecule has 0 aliphatic heterocycles. The van der Waals surface area contributed by atoms with Gasteiger partial charge in [0.1, 0.15) is 0 Å². The van der Waals surface area contributed by atoms with Gasteiger partial charge in [0.2, 0.25) is 0 Å². The molecule has 2 heteroatoms. The van der Waals surface area contributed by atoms with E-state index >= 15 is 0 Å². The number of fused-ring (bicyclic) bond motifs is 6. The molecule has 0 saturated carbocycles. The van der Waals surface area contributed by atoms with Crippen molar-refractivity contribution in [3.05, 3.63) is 120 Å².